The first kappa shape index (κ1) is 12.9. The van der Waals surface area contributed by atoms with Crippen LogP contribution in [0.1, 0.15) is 59.3 Å². The van der Waals surface area contributed by atoms with Gasteiger partial charge in [0, 0.05) is 24.7 Å². The van der Waals surface area contributed by atoms with Crippen molar-refractivity contribution in [2.75, 3.05) is 13.1 Å². The van der Waals surface area contributed by atoms with Gasteiger partial charge in [0.05, 0.1) is 0 Å². The van der Waals surface area contributed by atoms with Crippen LogP contribution in [-0.4, -0.2) is 36.1 Å². The van der Waals surface area contributed by atoms with Crippen molar-refractivity contribution in [1.29, 1.82) is 0 Å². The summed E-state index contributed by atoms with van der Waals surface area (Å²) < 4.78 is 0. The van der Waals surface area contributed by atoms with Crippen LogP contribution in [-0.2, 0) is 0 Å². The number of hydrogen-bond acceptors (Lipinski definition) is 2. The Hall–Kier alpha value is -0.0800. The van der Waals surface area contributed by atoms with Gasteiger partial charge in [-0.15, -0.1) is 0 Å². The Balaban J connectivity index is 1.59. The molecular weight excluding hydrogens is 220 g/mol. The molecule has 2 nitrogen and oxygen atoms in total. The SMILES string of the molecule is CC1CC(NC2CCN3CCCC23)CC(C)(C)C1. The summed E-state index contributed by atoms with van der Waals surface area (Å²) in [5.41, 5.74) is 0.545. The van der Waals surface area contributed by atoms with Gasteiger partial charge < -0.3 is 5.32 Å². The van der Waals surface area contributed by atoms with Crippen molar-refractivity contribution in [2.24, 2.45) is 11.3 Å². The van der Waals surface area contributed by atoms with Crippen LogP contribution in [0, 0.1) is 11.3 Å². The molecule has 3 rings (SSSR count). The zero-order chi connectivity index (χ0) is 12.8. The minimum atomic E-state index is 0.545. The van der Waals surface area contributed by atoms with Crippen molar-refractivity contribution in [3.05, 3.63) is 0 Å². The van der Waals surface area contributed by atoms with Gasteiger partial charge in [-0.2, -0.15) is 0 Å². The van der Waals surface area contributed by atoms with E-state index in [2.05, 4.69) is 31.0 Å². The van der Waals surface area contributed by atoms with E-state index in [1.165, 1.54) is 51.6 Å². The summed E-state index contributed by atoms with van der Waals surface area (Å²) in [6.07, 6.45) is 8.42. The Kier molecular flexibility index (Phi) is 3.44. The van der Waals surface area contributed by atoms with Crippen LogP contribution in [0.15, 0.2) is 0 Å². The standard InChI is InChI=1S/C16H30N2/c1-12-9-13(11-16(2,3)10-12)17-14-6-8-18-7-4-5-15(14)18/h12-15,17H,4-11H2,1-3H3. The lowest BCUT2D eigenvalue weighted by molar-refractivity contribution is 0.140. The first-order valence-corrected chi connectivity index (χ1v) is 8.04. The van der Waals surface area contributed by atoms with Gasteiger partial charge in [-0.05, 0) is 56.4 Å². The van der Waals surface area contributed by atoms with E-state index in [1.807, 2.05) is 0 Å². The summed E-state index contributed by atoms with van der Waals surface area (Å²) in [6, 6.07) is 2.43. The quantitative estimate of drug-likeness (QED) is 0.810. The van der Waals surface area contributed by atoms with Crippen LogP contribution in [0.2, 0.25) is 0 Å². The van der Waals surface area contributed by atoms with Gasteiger partial charge >= 0.3 is 0 Å². The molecule has 4 unspecified atom stereocenters. The summed E-state index contributed by atoms with van der Waals surface area (Å²) in [4.78, 5) is 2.72. The second-order valence-electron chi connectivity index (χ2n) is 7.92. The molecule has 1 N–H and O–H groups in total. The Morgan fingerprint density at radius 3 is 2.72 bits per heavy atom. The van der Waals surface area contributed by atoms with Crippen molar-refractivity contribution < 1.29 is 0 Å². The third-order valence-electron chi connectivity index (χ3n) is 5.44. The van der Waals surface area contributed by atoms with Gasteiger partial charge in [-0.1, -0.05) is 20.8 Å². The second-order valence-corrected chi connectivity index (χ2v) is 7.92. The summed E-state index contributed by atoms with van der Waals surface area (Å²) in [7, 11) is 0. The maximum atomic E-state index is 4.03. The van der Waals surface area contributed by atoms with E-state index in [-0.39, 0.29) is 0 Å². The maximum absolute atomic E-state index is 4.03. The first-order valence-electron chi connectivity index (χ1n) is 8.04. The van der Waals surface area contributed by atoms with Crippen LogP contribution in [0.25, 0.3) is 0 Å². The molecule has 2 aliphatic heterocycles. The van der Waals surface area contributed by atoms with Crippen LogP contribution in [0.3, 0.4) is 0 Å². The molecular formula is C16H30N2. The fourth-order valence-electron chi connectivity index (χ4n) is 5.05. The predicted molar refractivity (Wildman–Crippen MR) is 76.7 cm³/mol. The molecule has 104 valence electrons. The molecule has 2 heteroatoms. The van der Waals surface area contributed by atoms with Crippen molar-refractivity contribution in [2.45, 2.75) is 77.4 Å². The fourth-order valence-corrected chi connectivity index (χ4v) is 5.05. The molecule has 0 aromatic rings. The zero-order valence-electron chi connectivity index (χ0n) is 12.4. The first-order chi connectivity index (χ1) is 8.53. The van der Waals surface area contributed by atoms with Crippen molar-refractivity contribution in [1.82, 2.24) is 10.2 Å². The zero-order valence-corrected chi connectivity index (χ0v) is 12.4. The molecule has 2 heterocycles. The molecule has 3 fully saturated rings. The third-order valence-corrected chi connectivity index (χ3v) is 5.44. The lowest BCUT2D eigenvalue weighted by Crippen LogP contribution is -2.48. The molecule has 0 amide bonds. The van der Waals surface area contributed by atoms with E-state index in [4.69, 9.17) is 0 Å². The lowest BCUT2D eigenvalue weighted by Gasteiger charge is -2.41. The molecule has 18 heavy (non-hydrogen) atoms. The van der Waals surface area contributed by atoms with E-state index in [9.17, 15) is 0 Å². The van der Waals surface area contributed by atoms with Crippen molar-refractivity contribution >= 4 is 0 Å². The molecule has 1 aliphatic carbocycles. The maximum Gasteiger partial charge on any atom is 0.0250 e. The number of fused-ring (bicyclic) bond motifs is 1. The molecule has 0 aromatic heterocycles. The van der Waals surface area contributed by atoms with E-state index in [1.54, 1.807) is 0 Å². The van der Waals surface area contributed by atoms with Crippen LogP contribution in [0.5, 0.6) is 0 Å². The number of nitrogens with zero attached hydrogens (tertiary/aromatic N) is 1. The van der Waals surface area contributed by atoms with Gasteiger partial charge in [-0.3, -0.25) is 4.90 Å². The minimum absolute atomic E-state index is 0.545. The van der Waals surface area contributed by atoms with Crippen LogP contribution < -0.4 is 5.32 Å². The topological polar surface area (TPSA) is 15.3 Å². The average molecular weight is 250 g/mol. The summed E-state index contributed by atoms with van der Waals surface area (Å²) in [6.45, 7) is 10.0. The van der Waals surface area contributed by atoms with Crippen molar-refractivity contribution in [3.63, 3.8) is 0 Å². The molecule has 0 spiro atoms. The predicted octanol–water partition coefficient (Wildman–Crippen LogP) is 3.03. The normalized spacial score (nSPS) is 44.2. The smallest absolute Gasteiger partial charge is 0.0250 e. The fraction of sp³-hybridized carbons (Fsp3) is 1.00. The largest absolute Gasteiger partial charge is 0.310 e. The van der Waals surface area contributed by atoms with E-state index >= 15 is 0 Å². The highest BCUT2D eigenvalue weighted by molar-refractivity contribution is 4.98. The summed E-state index contributed by atoms with van der Waals surface area (Å²) in [5.74, 6) is 0.896. The monoisotopic (exact) mass is 250 g/mol. The number of rotatable bonds is 2. The van der Waals surface area contributed by atoms with Crippen LogP contribution >= 0.6 is 0 Å². The average Bonchev–Trinajstić information content (AvgIpc) is 2.79. The summed E-state index contributed by atoms with van der Waals surface area (Å²) >= 11 is 0. The number of nitrogens with one attached hydrogen (secondary N) is 1. The van der Waals surface area contributed by atoms with E-state index in [0.717, 1.165) is 24.0 Å². The van der Waals surface area contributed by atoms with Crippen LogP contribution in [0.4, 0.5) is 0 Å². The highest BCUT2D eigenvalue weighted by Gasteiger charge is 2.39. The molecule has 4 atom stereocenters. The Morgan fingerprint density at radius 1 is 1.11 bits per heavy atom. The van der Waals surface area contributed by atoms with Gasteiger partial charge in [0.15, 0.2) is 0 Å². The molecule has 0 aromatic carbocycles. The molecule has 2 saturated heterocycles. The van der Waals surface area contributed by atoms with E-state index in [0.29, 0.717) is 5.41 Å². The molecule has 0 radical (unpaired) electrons. The minimum Gasteiger partial charge on any atom is -0.310 e. The molecule has 1 saturated carbocycles. The molecule has 0 bridgehead atoms. The van der Waals surface area contributed by atoms with Gasteiger partial charge in [0.1, 0.15) is 0 Å². The lowest BCUT2D eigenvalue weighted by atomic mass is 9.70. The summed E-state index contributed by atoms with van der Waals surface area (Å²) in [5, 5.41) is 4.03. The third kappa shape index (κ3) is 2.60. The Bertz CT molecular complexity index is 299. The van der Waals surface area contributed by atoms with Gasteiger partial charge in [-0.25, -0.2) is 0 Å². The number of hydrogen-bond donors (Lipinski definition) is 1. The van der Waals surface area contributed by atoms with Crippen molar-refractivity contribution in [3.8, 4) is 0 Å². The highest BCUT2D eigenvalue weighted by atomic mass is 15.2. The second kappa shape index (κ2) is 4.79. The van der Waals surface area contributed by atoms with Gasteiger partial charge in [0.2, 0.25) is 0 Å². The highest BCUT2D eigenvalue weighted by Crippen LogP contribution is 2.39. The Labute approximate surface area is 113 Å². The van der Waals surface area contributed by atoms with Gasteiger partial charge in [0.25, 0.3) is 0 Å². The van der Waals surface area contributed by atoms with E-state index < -0.39 is 0 Å². The molecule has 3 aliphatic rings. The Morgan fingerprint density at radius 2 is 1.94 bits per heavy atom.